The largest absolute Gasteiger partial charge is 0.461 e. The van der Waals surface area contributed by atoms with Crippen molar-refractivity contribution in [2.24, 2.45) is 0 Å². The number of anilines is 1. The molecule has 0 unspecified atom stereocenters. The molecule has 0 saturated heterocycles. The second-order valence-electron chi connectivity index (χ2n) is 4.20. The number of fused-ring (bicyclic) bond motifs is 3. The van der Waals surface area contributed by atoms with Gasteiger partial charge in [0, 0.05) is 18.2 Å². The molecular weight excluding hydrogens is 232 g/mol. The number of hydrogen-bond acceptors (Lipinski definition) is 5. The van der Waals surface area contributed by atoms with E-state index in [-0.39, 0.29) is 5.97 Å². The summed E-state index contributed by atoms with van der Waals surface area (Å²) in [6, 6.07) is 1.77. The monoisotopic (exact) mass is 246 g/mol. The fourth-order valence-corrected chi connectivity index (χ4v) is 2.13. The fourth-order valence-electron chi connectivity index (χ4n) is 2.13. The highest BCUT2D eigenvalue weighted by atomic mass is 16.5. The van der Waals surface area contributed by atoms with Gasteiger partial charge in [0.25, 0.3) is 0 Å². The molecule has 0 amide bonds. The molecular formula is C12H14N4O2. The molecule has 6 heteroatoms. The lowest BCUT2D eigenvalue weighted by molar-refractivity contribution is 0.0497. The van der Waals surface area contributed by atoms with E-state index in [0.29, 0.717) is 17.9 Å². The highest BCUT2D eigenvalue weighted by molar-refractivity contribution is 5.91. The quantitative estimate of drug-likeness (QED) is 0.826. The zero-order chi connectivity index (χ0) is 12.5. The van der Waals surface area contributed by atoms with Crippen LogP contribution >= 0.6 is 0 Å². The third-order valence-electron chi connectivity index (χ3n) is 2.93. The van der Waals surface area contributed by atoms with Crippen LogP contribution in [0.5, 0.6) is 0 Å². The smallest absolute Gasteiger partial charge is 0.357 e. The Morgan fingerprint density at radius 1 is 1.61 bits per heavy atom. The minimum atomic E-state index is -0.347. The van der Waals surface area contributed by atoms with Crippen LogP contribution in [0.4, 0.5) is 5.82 Å². The molecule has 2 aromatic rings. The van der Waals surface area contributed by atoms with Crippen LogP contribution in [0.3, 0.4) is 0 Å². The Bertz CT molecular complexity index is 605. The van der Waals surface area contributed by atoms with E-state index in [0.717, 1.165) is 30.8 Å². The zero-order valence-corrected chi connectivity index (χ0v) is 10.1. The molecule has 1 aliphatic rings. The number of nitrogens with zero attached hydrogens (tertiary/aromatic N) is 3. The first-order valence-corrected chi connectivity index (χ1v) is 6.09. The molecule has 0 bridgehead atoms. The summed E-state index contributed by atoms with van der Waals surface area (Å²) in [5.74, 6) is 0.508. The third-order valence-corrected chi connectivity index (χ3v) is 2.93. The zero-order valence-electron chi connectivity index (χ0n) is 10.1. The number of hydrogen-bond donors (Lipinski definition) is 1. The van der Waals surface area contributed by atoms with E-state index in [2.05, 4.69) is 15.4 Å². The topological polar surface area (TPSA) is 68.5 Å². The van der Waals surface area contributed by atoms with Crippen LogP contribution in [0.15, 0.2) is 12.3 Å². The molecule has 3 rings (SSSR count). The van der Waals surface area contributed by atoms with Gasteiger partial charge in [0.1, 0.15) is 5.82 Å². The van der Waals surface area contributed by atoms with E-state index in [4.69, 9.17) is 4.74 Å². The highest BCUT2D eigenvalue weighted by Gasteiger charge is 2.24. The van der Waals surface area contributed by atoms with Gasteiger partial charge < -0.3 is 10.1 Å². The summed E-state index contributed by atoms with van der Waals surface area (Å²) in [6.45, 7) is 3.18. The van der Waals surface area contributed by atoms with Gasteiger partial charge in [-0.25, -0.2) is 9.78 Å². The fraction of sp³-hybridized carbons (Fsp3) is 0.417. The Morgan fingerprint density at radius 2 is 2.50 bits per heavy atom. The van der Waals surface area contributed by atoms with Gasteiger partial charge in [0.05, 0.1) is 12.8 Å². The summed E-state index contributed by atoms with van der Waals surface area (Å²) in [5.41, 5.74) is 1.97. The maximum absolute atomic E-state index is 12.0. The number of nitrogens with one attached hydrogen (secondary N) is 1. The highest BCUT2D eigenvalue weighted by Crippen LogP contribution is 2.25. The molecule has 0 atom stereocenters. The maximum Gasteiger partial charge on any atom is 0.357 e. The van der Waals surface area contributed by atoms with Crippen molar-refractivity contribution in [3.63, 3.8) is 0 Å². The number of esters is 1. The van der Waals surface area contributed by atoms with Crippen molar-refractivity contribution >= 4 is 17.4 Å². The predicted molar refractivity (Wildman–Crippen MR) is 65.8 cm³/mol. The van der Waals surface area contributed by atoms with Gasteiger partial charge >= 0.3 is 5.97 Å². The van der Waals surface area contributed by atoms with Crippen LogP contribution < -0.4 is 5.32 Å². The summed E-state index contributed by atoms with van der Waals surface area (Å²) in [4.78, 5) is 16.3. The lowest BCUT2D eigenvalue weighted by Gasteiger charge is -2.08. The molecule has 6 nitrogen and oxygen atoms in total. The maximum atomic E-state index is 12.0. The van der Waals surface area contributed by atoms with Crippen LogP contribution in [0.1, 0.15) is 29.4 Å². The number of carbonyl (C=O) groups excluding carboxylic acids is 1. The lowest BCUT2D eigenvalue weighted by atomic mass is 10.2. The molecule has 0 fully saturated rings. The van der Waals surface area contributed by atoms with Gasteiger partial charge in [-0.05, 0) is 12.8 Å². The Labute approximate surface area is 104 Å². The normalized spacial score (nSPS) is 13.4. The number of rotatable bonds is 3. The molecule has 18 heavy (non-hydrogen) atoms. The number of carbonyl (C=O) groups is 1. The van der Waals surface area contributed by atoms with Gasteiger partial charge in [-0.3, -0.25) is 0 Å². The van der Waals surface area contributed by atoms with E-state index in [1.165, 1.54) is 0 Å². The van der Waals surface area contributed by atoms with Crippen LogP contribution in [0, 0.1) is 0 Å². The van der Waals surface area contributed by atoms with Gasteiger partial charge in [-0.15, -0.1) is 0 Å². The third kappa shape index (κ3) is 1.61. The summed E-state index contributed by atoms with van der Waals surface area (Å²) < 4.78 is 6.89. The molecule has 0 aromatic carbocycles. The first kappa shape index (κ1) is 11.0. The number of ether oxygens (including phenoxy) is 1. The molecule has 1 N–H and O–H groups in total. The summed E-state index contributed by atoms with van der Waals surface area (Å²) >= 11 is 0. The van der Waals surface area contributed by atoms with Gasteiger partial charge in [-0.2, -0.15) is 9.61 Å². The second-order valence-corrected chi connectivity index (χ2v) is 4.20. The Hall–Kier alpha value is -2.11. The van der Waals surface area contributed by atoms with Gasteiger partial charge in [-0.1, -0.05) is 6.92 Å². The summed E-state index contributed by atoms with van der Waals surface area (Å²) in [7, 11) is 0. The average molecular weight is 246 g/mol. The lowest BCUT2D eigenvalue weighted by Crippen LogP contribution is -2.13. The summed E-state index contributed by atoms with van der Waals surface area (Å²) in [6.07, 6.45) is 3.25. The Balaban J connectivity index is 2.09. The van der Waals surface area contributed by atoms with Gasteiger partial charge in [0.2, 0.25) is 0 Å². The average Bonchev–Trinajstić information content (AvgIpc) is 3.01. The molecule has 3 heterocycles. The van der Waals surface area contributed by atoms with Crippen LogP contribution in [0.25, 0.3) is 5.65 Å². The van der Waals surface area contributed by atoms with Crippen LogP contribution in [0.2, 0.25) is 0 Å². The SMILES string of the molecule is CCCOC(=O)c1nc2ccnn2c2c1CCN2. The minimum Gasteiger partial charge on any atom is -0.461 e. The van der Waals surface area contributed by atoms with Crippen molar-refractivity contribution in [1.29, 1.82) is 0 Å². The van der Waals surface area contributed by atoms with E-state index in [1.54, 1.807) is 16.8 Å². The molecule has 0 saturated carbocycles. The molecule has 2 aromatic heterocycles. The first-order valence-electron chi connectivity index (χ1n) is 6.09. The molecule has 1 aliphatic heterocycles. The second kappa shape index (κ2) is 4.29. The van der Waals surface area contributed by atoms with Crippen molar-refractivity contribution in [3.8, 4) is 0 Å². The van der Waals surface area contributed by atoms with Gasteiger partial charge in [0.15, 0.2) is 11.3 Å². The first-order chi connectivity index (χ1) is 8.81. The predicted octanol–water partition coefficient (Wildman–Crippen LogP) is 1.26. The van der Waals surface area contributed by atoms with E-state index >= 15 is 0 Å². The molecule has 0 radical (unpaired) electrons. The molecule has 94 valence electrons. The van der Waals surface area contributed by atoms with Crippen molar-refractivity contribution < 1.29 is 9.53 Å². The minimum absolute atomic E-state index is 0.347. The van der Waals surface area contributed by atoms with Crippen molar-refractivity contribution in [2.45, 2.75) is 19.8 Å². The number of aromatic nitrogens is 3. The van der Waals surface area contributed by atoms with E-state index in [1.807, 2.05) is 6.92 Å². The summed E-state index contributed by atoms with van der Waals surface area (Å²) in [5, 5.41) is 7.43. The molecule has 0 spiro atoms. The Morgan fingerprint density at radius 3 is 3.33 bits per heavy atom. The Kier molecular flexibility index (Phi) is 2.62. The van der Waals surface area contributed by atoms with Crippen LogP contribution in [-0.2, 0) is 11.2 Å². The van der Waals surface area contributed by atoms with E-state index in [9.17, 15) is 4.79 Å². The van der Waals surface area contributed by atoms with Crippen molar-refractivity contribution in [2.75, 3.05) is 18.5 Å². The van der Waals surface area contributed by atoms with E-state index < -0.39 is 0 Å². The van der Waals surface area contributed by atoms with Crippen molar-refractivity contribution in [1.82, 2.24) is 14.6 Å². The van der Waals surface area contributed by atoms with Crippen molar-refractivity contribution in [3.05, 3.63) is 23.5 Å². The standard InChI is InChI=1S/C12H14N4O2/c1-2-7-18-12(17)10-8-3-5-13-11(8)16-9(15-10)4-6-14-16/h4,6,13H,2-3,5,7H2,1H3. The molecule has 0 aliphatic carbocycles. The van der Waals surface area contributed by atoms with Crippen LogP contribution in [-0.4, -0.2) is 33.7 Å².